The van der Waals surface area contributed by atoms with Crippen LogP contribution in [0.2, 0.25) is 0 Å². The minimum Gasteiger partial charge on any atom is -0.479 e. The van der Waals surface area contributed by atoms with Gasteiger partial charge in [0.25, 0.3) is 11.5 Å². The van der Waals surface area contributed by atoms with Crippen LogP contribution < -0.4 is 10.9 Å². The number of nitrogens with zero attached hydrogens (tertiary/aromatic N) is 1. The van der Waals surface area contributed by atoms with Gasteiger partial charge < -0.3 is 15.0 Å². The van der Waals surface area contributed by atoms with Gasteiger partial charge >= 0.3 is 5.97 Å². The molecule has 1 unspecified atom stereocenters. The molecule has 0 fully saturated rings. The van der Waals surface area contributed by atoms with Gasteiger partial charge in [0, 0.05) is 24.9 Å². The normalized spacial score (nSPS) is 11.7. The van der Waals surface area contributed by atoms with E-state index >= 15 is 0 Å². The van der Waals surface area contributed by atoms with E-state index in [2.05, 4.69) is 5.32 Å². The molecule has 0 radical (unpaired) electrons. The van der Waals surface area contributed by atoms with Gasteiger partial charge in [-0.05, 0) is 11.6 Å². The Morgan fingerprint density at radius 2 is 1.86 bits per heavy atom. The SMILES string of the molecule is Cn1ccc(C(=O)NC(C(=O)O)c2ccccc2)cc1=O. The summed E-state index contributed by atoms with van der Waals surface area (Å²) in [6, 6.07) is 9.82. The van der Waals surface area contributed by atoms with E-state index in [1.165, 1.54) is 22.9 Å². The Balaban J connectivity index is 2.25. The first kappa shape index (κ1) is 14.5. The maximum atomic E-state index is 12.1. The van der Waals surface area contributed by atoms with Gasteiger partial charge in [0.05, 0.1) is 0 Å². The molecule has 6 nitrogen and oxygen atoms in total. The number of carboxylic acids is 1. The van der Waals surface area contributed by atoms with Gasteiger partial charge in [0.2, 0.25) is 0 Å². The van der Waals surface area contributed by atoms with Crippen molar-refractivity contribution < 1.29 is 14.7 Å². The third kappa shape index (κ3) is 3.36. The van der Waals surface area contributed by atoms with Crippen LogP contribution in [0.15, 0.2) is 53.5 Å². The summed E-state index contributed by atoms with van der Waals surface area (Å²) in [5.41, 5.74) is 0.247. The predicted molar refractivity (Wildman–Crippen MR) is 76.0 cm³/mol. The number of hydrogen-bond acceptors (Lipinski definition) is 3. The van der Waals surface area contributed by atoms with Crippen LogP contribution in [0.3, 0.4) is 0 Å². The van der Waals surface area contributed by atoms with Gasteiger partial charge in [-0.25, -0.2) is 4.79 Å². The first-order chi connectivity index (χ1) is 9.99. The van der Waals surface area contributed by atoms with Crippen molar-refractivity contribution in [3.05, 3.63) is 70.1 Å². The van der Waals surface area contributed by atoms with Crippen LogP contribution in [0.4, 0.5) is 0 Å². The lowest BCUT2D eigenvalue weighted by molar-refractivity contribution is -0.139. The highest BCUT2D eigenvalue weighted by Gasteiger charge is 2.22. The van der Waals surface area contributed by atoms with E-state index in [1.807, 2.05) is 0 Å². The first-order valence-corrected chi connectivity index (χ1v) is 6.24. The molecule has 2 rings (SSSR count). The summed E-state index contributed by atoms with van der Waals surface area (Å²) in [5.74, 6) is -1.78. The summed E-state index contributed by atoms with van der Waals surface area (Å²) >= 11 is 0. The molecule has 1 atom stereocenters. The van der Waals surface area contributed by atoms with Crippen LogP contribution in [-0.4, -0.2) is 21.6 Å². The molecule has 1 heterocycles. The molecular formula is C15H14N2O4. The fraction of sp³-hybridized carbons (Fsp3) is 0.133. The molecule has 0 aliphatic rings. The molecule has 0 saturated heterocycles. The maximum Gasteiger partial charge on any atom is 0.330 e. The van der Waals surface area contributed by atoms with Crippen molar-refractivity contribution in [1.29, 1.82) is 0 Å². The van der Waals surface area contributed by atoms with Crippen LogP contribution in [0, 0.1) is 0 Å². The average Bonchev–Trinajstić information content (AvgIpc) is 2.48. The molecule has 2 aromatic rings. The monoisotopic (exact) mass is 286 g/mol. The number of carbonyl (C=O) groups excluding carboxylic acids is 1. The Morgan fingerprint density at radius 1 is 1.19 bits per heavy atom. The van der Waals surface area contributed by atoms with Gasteiger partial charge in [-0.15, -0.1) is 0 Å². The second kappa shape index (κ2) is 6.04. The summed E-state index contributed by atoms with van der Waals surface area (Å²) in [6.07, 6.45) is 1.45. The number of aliphatic carboxylic acids is 1. The van der Waals surface area contributed by atoms with Gasteiger partial charge in [-0.2, -0.15) is 0 Å². The second-order valence-corrected chi connectivity index (χ2v) is 4.52. The molecule has 0 bridgehead atoms. The van der Waals surface area contributed by atoms with Gasteiger partial charge in [0.15, 0.2) is 6.04 Å². The third-order valence-electron chi connectivity index (χ3n) is 3.02. The quantitative estimate of drug-likeness (QED) is 0.875. The largest absolute Gasteiger partial charge is 0.479 e. The number of aromatic nitrogens is 1. The molecule has 1 amide bonds. The van der Waals surface area contributed by atoms with E-state index in [1.54, 1.807) is 37.4 Å². The Morgan fingerprint density at radius 3 is 2.43 bits per heavy atom. The van der Waals surface area contributed by atoms with Crippen molar-refractivity contribution in [2.45, 2.75) is 6.04 Å². The number of benzene rings is 1. The lowest BCUT2D eigenvalue weighted by atomic mass is 10.1. The number of aryl methyl sites for hydroxylation is 1. The number of pyridine rings is 1. The lowest BCUT2D eigenvalue weighted by Gasteiger charge is -2.15. The van der Waals surface area contributed by atoms with E-state index in [0.29, 0.717) is 5.56 Å². The summed E-state index contributed by atoms with van der Waals surface area (Å²) in [5, 5.41) is 11.6. The van der Waals surface area contributed by atoms with Crippen LogP contribution in [0.5, 0.6) is 0 Å². The van der Waals surface area contributed by atoms with Gasteiger partial charge in [0.1, 0.15) is 0 Å². The molecule has 0 saturated carbocycles. The van der Waals surface area contributed by atoms with Crippen LogP contribution in [0.1, 0.15) is 22.0 Å². The molecular weight excluding hydrogens is 272 g/mol. The highest BCUT2D eigenvalue weighted by atomic mass is 16.4. The number of carboxylic acid groups (broad SMARTS) is 1. The molecule has 6 heteroatoms. The van der Waals surface area contributed by atoms with Crippen molar-refractivity contribution >= 4 is 11.9 Å². The smallest absolute Gasteiger partial charge is 0.330 e. The zero-order valence-corrected chi connectivity index (χ0v) is 11.3. The lowest BCUT2D eigenvalue weighted by Crippen LogP contribution is -2.34. The highest BCUT2D eigenvalue weighted by molar-refractivity contribution is 5.96. The Kier molecular flexibility index (Phi) is 4.18. The second-order valence-electron chi connectivity index (χ2n) is 4.52. The highest BCUT2D eigenvalue weighted by Crippen LogP contribution is 2.13. The van der Waals surface area contributed by atoms with Crippen LogP contribution >= 0.6 is 0 Å². The molecule has 108 valence electrons. The van der Waals surface area contributed by atoms with E-state index in [4.69, 9.17) is 0 Å². The third-order valence-corrected chi connectivity index (χ3v) is 3.02. The van der Waals surface area contributed by atoms with Crippen LogP contribution in [-0.2, 0) is 11.8 Å². The minimum atomic E-state index is -1.17. The van der Waals surface area contributed by atoms with Crippen molar-refractivity contribution in [2.75, 3.05) is 0 Å². The fourth-order valence-electron chi connectivity index (χ4n) is 1.84. The Labute approximate surface area is 120 Å². The first-order valence-electron chi connectivity index (χ1n) is 6.24. The average molecular weight is 286 g/mol. The van der Waals surface area contributed by atoms with Gasteiger partial charge in [-0.1, -0.05) is 30.3 Å². The van der Waals surface area contributed by atoms with Crippen molar-refractivity contribution in [1.82, 2.24) is 9.88 Å². The Hall–Kier alpha value is -2.89. The zero-order valence-electron chi connectivity index (χ0n) is 11.3. The topological polar surface area (TPSA) is 88.4 Å². The van der Waals surface area contributed by atoms with Gasteiger partial charge in [-0.3, -0.25) is 9.59 Å². The summed E-state index contributed by atoms with van der Waals surface area (Å²) in [6.45, 7) is 0. The molecule has 2 N–H and O–H groups in total. The number of rotatable bonds is 4. The number of amides is 1. The molecule has 0 spiro atoms. The molecule has 1 aromatic carbocycles. The van der Waals surface area contributed by atoms with Crippen LogP contribution in [0.25, 0.3) is 0 Å². The fourth-order valence-corrected chi connectivity index (χ4v) is 1.84. The van der Waals surface area contributed by atoms with Crippen molar-refractivity contribution in [3.63, 3.8) is 0 Å². The molecule has 21 heavy (non-hydrogen) atoms. The number of carbonyl (C=O) groups is 2. The molecule has 0 aliphatic carbocycles. The molecule has 0 aliphatic heterocycles. The predicted octanol–water partition coefficient (Wildman–Crippen LogP) is 0.941. The summed E-state index contributed by atoms with van der Waals surface area (Å²) in [7, 11) is 1.56. The summed E-state index contributed by atoms with van der Waals surface area (Å²) < 4.78 is 1.32. The van der Waals surface area contributed by atoms with Crippen molar-refractivity contribution in [2.24, 2.45) is 7.05 Å². The zero-order chi connectivity index (χ0) is 15.4. The van der Waals surface area contributed by atoms with E-state index in [-0.39, 0.29) is 11.1 Å². The standard InChI is InChI=1S/C15H14N2O4/c1-17-8-7-11(9-12(17)18)14(19)16-13(15(20)21)10-5-3-2-4-6-10/h2-9,13H,1H3,(H,16,19)(H,20,21). The van der Waals surface area contributed by atoms with E-state index < -0.39 is 17.9 Å². The van der Waals surface area contributed by atoms with E-state index in [0.717, 1.165) is 0 Å². The summed E-state index contributed by atoms with van der Waals surface area (Å²) in [4.78, 5) is 34.9. The Bertz CT molecular complexity index is 722. The minimum absolute atomic E-state index is 0.125. The molecule has 1 aromatic heterocycles. The number of hydrogen-bond donors (Lipinski definition) is 2. The maximum absolute atomic E-state index is 12.1. The van der Waals surface area contributed by atoms with Crippen molar-refractivity contribution in [3.8, 4) is 0 Å². The number of nitrogens with one attached hydrogen (secondary N) is 1. The van der Waals surface area contributed by atoms with E-state index in [9.17, 15) is 19.5 Å².